The molecule has 142 valence electrons. The number of anilines is 1. The zero-order valence-corrected chi connectivity index (χ0v) is 15.6. The van der Waals surface area contributed by atoms with Gasteiger partial charge in [0.15, 0.2) is 0 Å². The van der Waals surface area contributed by atoms with Crippen molar-refractivity contribution in [2.45, 2.75) is 52.4 Å². The van der Waals surface area contributed by atoms with Gasteiger partial charge in [-0.25, -0.2) is 0 Å². The summed E-state index contributed by atoms with van der Waals surface area (Å²) in [5.74, 6) is -1.33. The van der Waals surface area contributed by atoms with Crippen LogP contribution in [0, 0.1) is 5.41 Å². The van der Waals surface area contributed by atoms with Crippen LogP contribution in [-0.2, 0) is 9.59 Å². The third-order valence-electron chi connectivity index (χ3n) is 5.34. The van der Waals surface area contributed by atoms with E-state index in [0.717, 1.165) is 32.4 Å². The Morgan fingerprint density at radius 2 is 1.77 bits per heavy atom. The first kappa shape index (κ1) is 19.9. The van der Waals surface area contributed by atoms with Crippen molar-refractivity contribution >= 4 is 23.5 Å². The van der Waals surface area contributed by atoms with E-state index in [2.05, 4.69) is 5.32 Å². The van der Waals surface area contributed by atoms with Crippen LogP contribution in [0.15, 0.2) is 24.3 Å². The van der Waals surface area contributed by atoms with E-state index in [1.54, 1.807) is 38.1 Å². The standard InChI is InChI=1S/C20H28N2O4/c1-3-20(4-2,19(25)26)14-17(23)21-16-10-8-9-15(13-16)18(24)22-11-6-5-7-12-22/h8-10,13H,3-7,11-12,14H2,1-2H3,(H,21,23)(H,25,26). The molecule has 6 nitrogen and oxygen atoms in total. The normalized spacial score (nSPS) is 14.8. The number of carboxylic acid groups (broad SMARTS) is 1. The summed E-state index contributed by atoms with van der Waals surface area (Å²) in [6, 6.07) is 6.85. The molecule has 1 aromatic carbocycles. The molecule has 0 unspecified atom stereocenters. The van der Waals surface area contributed by atoms with Gasteiger partial charge in [-0.2, -0.15) is 0 Å². The van der Waals surface area contributed by atoms with E-state index in [1.807, 2.05) is 4.90 Å². The topological polar surface area (TPSA) is 86.7 Å². The van der Waals surface area contributed by atoms with Gasteiger partial charge in [0.2, 0.25) is 5.91 Å². The Morgan fingerprint density at radius 1 is 1.12 bits per heavy atom. The van der Waals surface area contributed by atoms with Crippen molar-refractivity contribution in [3.05, 3.63) is 29.8 Å². The summed E-state index contributed by atoms with van der Waals surface area (Å²) in [5.41, 5.74) is 0.00947. The van der Waals surface area contributed by atoms with Gasteiger partial charge in [0, 0.05) is 30.8 Å². The van der Waals surface area contributed by atoms with Crippen molar-refractivity contribution in [2.75, 3.05) is 18.4 Å². The van der Waals surface area contributed by atoms with Crippen LogP contribution >= 0.6 is 0 Å². The number of hydrogen-bond donors (Lipinski definition) is 2. The second-order valence-electron chi connectivity index (χ2n) is 6.95. The molecule has 0 saturated carbocycles. The van der Waals surface area contributed by atoms with Crippen molar-refractivity contribution in [3.8, 4) is 0 Å². The van der Waals surface area contributed by atoms with E-state index in [-0.39, 0.29) is 18.2 Å². The average Bonchev–Trinajstić information content (AvgIpc) is 2.66. The number of hydrogen-bond acceptors (Lipinski definition) is 3. The van der Waals surface area contributed by atoms with E-state index in [9.17, 15) is 19.5 Å². The third-order valence-corrected chi connectivity index (χ3v) is 5.34. The highest BCUT2D eigenvalue weighted by molar-refractivity contribution is 5.98. The Bertz CT molecular complexity index is 662. The molecule has 0 bridgehead atoms. The maximum absolute atomic E-state index is 12.6. The van der Waals surface area contributed by atoms with Gasteiger partial charge in [-0.3, -0.25) is 14.4 Å². The summed E-state index contributed by atoms with van der Waals surface area (Å²) < 4.78 is 0. The van der Waals surface area contributed by atoms with Crippen molar-refractivity contribution in [1.82, 2.24) is 4.90 Å². The number of aliphatic carboxylic acids is 1. The summed E-state index contributed by atoms with van der Waals surface area (Å²) in [6.07, 6.45) is 3.89. The molecule has 1 saturated heterocycles. The van der Waals surface area contributed by atoms with Crippen LogP contribution in [-0.4, -0.2) is 40.9 Å². The lowest BCUT2D eigenvalue weighted by atomic mass is 9.79. The number of nitrogens with one attached hydrogen (secondary N) is 1. The number of carbonyl (C=O) groups excluding carboxylic acids is 2. The van der Waals surface area contributed by atoms with Crippen LogP contribution in [0.3, 0.4) is 0 Å². The molecule has 0 atom stereocenters. The maximum atomic E-state index is 12.6. The highest BCUT2D eigenvalue weighted by Gasteiger charge is 2.37. The van der Waals surface area contributed by atoms with Gasteiger partial charge in [-0.05, 0) is 50.3 Å². The number of rotatable bonds is 7. The van der Waals surface area contributed by atoms with Crippen molar-refractivity contribution < 1.29 is 19.5 Å². The molecule has 2 N–H and O–H groups in total. The maximum Gasteiger partial charge on any atom is 0.310 e. The van der Waals surface area contributed by atoms with Crippen LogP contribution in [0.4, 0.5) is 5.69 Å². The molecular weight excluding hydrogens is 332 g/mol. The van der Waals surface area contributed by atoms with Crippen molar-refractivity contribution in [2.24, 2.45) is 5.41 Å². The summed E-state index contributed by atoms with van der Waals surface area (Å²) >= 11 is 0. The minimum absolute atomic E-state index is 0.0252. The monoisotopic (exact) mass is 360 g/mol. The highest BCUT2D eigenvalue weighted by atomic mass is 16.4. The Morgan fingerprint density at radius 3 is 2.35 bits per heavy atom. The van der Waals surface area contributed by atoms with E-state index in [1.165, 1.54) is 0 Å². The first-order chi connectivity index (χ1) is 12.4. The molecule has 26 heavy (non-hydrogen) atoms. The van der Waals surface area contributed by atoms with Gasteiger partial charge >= 0.3 is 5.97 Å². The average molecular weight is 360 g/mol. The zero-order valence-electron chi connectivity index (χ0n) is 15.6. The fraction of sp³-hybridized carbons (Fsp3) is 0.550. The second-order valence-corrected chi connectivity index (χ2v) is 6.95. The van der Waals surface area contributed by atoms with Gasteiger partial charge in [0.25, 0.3) is 5.91 Å². The molecule has 0 spiro atoms. The Kier molecular flexibility index (Phi) is 6.77. The van der Waals surface area contributed by atoms with Crippen molar-refractivity contribution in [1.29, 1.82) is 0 Å². The third kappa shape index (κ3) is 4.62. The molecule has 2 rings (SSSR count). The minimum Gasteiger partial charge on any atom is -0.481 e. The quantitative estimate of drug-likeness (QED) is 0.779. The number of piperidine rings is 1. The van der Waals surface area contributed by atoms with Crippen LogP contribution in [0.2, 0.25) is 0 Å². The lowest BCUT2D eigenvalue weighted by Crippen LogP contribution is -2.35. The molecule has 1 aromatic rings. The zero-order chi connectivity index (χ0) is 19.2. The summed E-state index contributed by atoms with van der Waals surface area (Å²) in [4.78, 5) is 38.3. The molecule has 0 aromatic heterocycles. The van der Waals surface area contributed by atoms with Gasteiger partial charge in [0.1, 0.15) is 0 Å². The molecule has 2 amide bonds. The molecule has 1 heterocycles. The van der Waals surface area contributed by atoms with E-state index in [4.69, 9.17) is 0 Å². The molecule has 1 aliphatic rings. The molecule has 1 fully saturated rings. The summed E-state index contributed by atoms with van der Waals surface area (Å²) in [7, 11) is 0. The molecular formula is C20H28N2O4. The molecule has 6 heteroatoms. The molecule has 1 aliphatic heterocycles. The summed E-state index contributed by atoms with van der Waals surface area (Å²) in [5, 5.41) is 12.2. The predicted molar refractivity (Wildman–Crippen MR) is 100 cm³/mol. The fourth-order valence-corrected chi connectivity index (χ4v) is 3.40. The molecule has 0 aliphatic carbocycles. The first-order valence-corrected chi connectivity index (χ1v) is 9.34. The highest BCUT2D eigenvalue weighted by Crippen LogP contribution is 2.31. The Balaban J connectivity index is 2.06. The minimum atomic E-state index is -1.05. The number of amides is 2. The van der Waals surface area contributed by atoms with Crippen LogP contribution < -0.4 is 5.32 Å². The Hall–Kier alpha value is -2.37. The van der Waals surface area contributed by atoms with Gasteiger partial charge in [0.05, 0.1) is 5.41 Å². The molecule has 0 radical (unpaired) electrons. The first-order valence-electron chi connectivity index (χ1n) is 9.34. The SMILES string of the molecule is CCC(CC)(CC(=O)Nc1cccc(C(=O)N2CCCCC2)c1)C(=O)O. The van der Waals surface area contributed by atoms with Gasteiger partial charge in [-0.15, -0.1) is 0 Å². The number of benzene rings is 1. The number of nitrogens with zero attached hydrogens (tertiary/aromatic N) is 1. The number of carbonyl (C=O) groups is 3. The van der Waals surface area contributed by atoms with Gasteiger partial charge in [-0.1, -0.05) is 19.9 Å². The van der Waals surface area contributed by atoms with Crippen molar-refractivity contribution in [3.63, 3.8) is 0 Å². The van der Waals surface area contributed by atoms with Crippen LogP contribution in [0.1, 0.15) is 62.7 Å². The lowest BCUT2D eigenvalue weighted by Gasteiger charge is -2.27. The Labute approximate surface area is 154 Å². The van der Waals surface area contributed by atoms with E-state index >= 15 is 0 Å². The smallest absolute Gasteiger partial charge is 0.310 e. The predicted octanol–water partition coefficient (Wildman–Crippen LogP) is 3.53. The lowest BCUT2D eigenvalue weighted by molar-refractivity contribution is -0.151. The number of carboxylic acids is 1. The second kappa shape index (κ2) is 8.83. The fourth-order valence-electron chi connectivity index (χ4n) is 3.40. The van der Waals surface area contributed by atoms with Gasteiger partial charge < -0.3 is 15.3 Å². The van der Waals surface area contributed by atoms with Crippen LogP contribution in [0.25, 0.3) is 0 Å². The number of likely N-dealkylation sites (tertiary alicyclic amines) is 1. The summed E-state index contributed by atoms with van der Waals surface area (Å²) in [6.45, 7) is 5.10. The van der Waals surface area contributed by atoms with Crippen LogP contribution in [0.5, 0.6) is 0 Å². The van der Waals surface area contributed by atoms with E-state index < -0.39 is 11.4 Å². The largest absolute Gasteiger partial charge is 0.481 e. The van der Waals surface area contributed by atoms with E-state index in [0.29, 0.717) is 24.1 Å².